The van der Waals surface area contributed by atoms with Crippen molar-refractivity contribution < 1.29 is 18.0 Å². The predicted molar refractivity (Wildman–Crippen MR) is 122 cm³/mol. The van der Waals surface area contributed by atoms with Crippen LogP contribution in [0.25, 0.3) is 16.9 Å². The maximum Gasteiger partial charge on any atom is 0.435 e. The number of carbonyl (C=O) groups is 1. The third-order valence-corrected chi connectivity index (χ3v) is 6.68. The Morgan fingerprint density at radius 3 is 2.61 bits per heavy atom. The summed E-state index contributed by atoms with van der Waals surface area (Å²) >= 11 is 9.74. The number of aromatic nitrogens is 3. The summed E-state index contributed by atoms with van der Waals surface area (Å²) in [6, 6.07) is 11.4. The van der Waals surface area contributed by atoms with Crippen LogP contribution in [0.4, 0.5) is 18.9 Å². The van der Waals surface area contributed by atoms with Crippen LogP contribution in [0, 0.1) is 3.57 Å². The molecule has 0 aliphatic heterocycles. The second kappa shape index (κ2) is 8.60. The predicted octanol–water partition coefficient (Wildman–Crippen LogP) is 6.52. The maximum absolute atomic E-state index is 12.8. The van der Waals surface area contributed by atoms with Gasteiger partial charge in [0.1, 0.15) is 4.88 Å². The highest BCUT2D eigenvalue weighted by molar-refractivity contribution is 14.1. The van der Waals surface area contributed by atoms with Crippen LogP contribution in [-0.4, -0.2) is 20.7 Å². The van der Waals surface area contributed by atoms with Crippen molar-refractivity contribution in [3.8, 4) is 16.9 Å². The molecule has 158 valence electrons. The van der Waals surface area contributed by atoms with E-state index in [1.807, 2.05) is 11.4 Å². The van der Waals surface area contributed by atoms with Crippen LogP contribution in [0.1, 0.15) is 15.4 Å². The van der Waals surface area contributed by atoms with E-state index in [1.54, 1.807) is 30.3 Å². The molecular formula is C20H11ClF3IN4OS. The zero-order valence-corrected chi connectivity index (χ0v) is 19.1. The molecule has 0 bridgehead atoms. The lowest BCUT2D eigenvalue weighted by molar-refractivity contribution is -0.141. The van der Waals surface area contributed by atoms with Gasteiger partial charge in [-0.05, 0) is 52.2 Å². The molecule has 31 heavy (non-hydrogen) atoms. The lowest BCUT2D eigenvalue weighted by Gasteiger charge is -2.12. The summed E-state index contributed by atoms with van der Waals surface area (Å²) in [5.41, 5.74) is 0.778. The molecule has 11 heteroatoms. The largest absolute Gasteiger partial charge is 0.435 e. The van der Waals surface area contributed by atoms with Gasteiger partial charge in [0.05, 0.1) is 5.02 Å². The van der Waals surface area contributed by atoms with Crippen molar-refractivity contribution in [2.24, 2.45) is 0 Å². The fourth-order valence-corrected chi connectivity index (χ4v) is 4.80. The zero-order valence-electron chi connectivity index (χ0n) is 15.3. The molecule has 1 amide bonds. The monoisotopic (exact) mass is 574 g/mol. The molecule has 3 aromatic heterocycles. The molecule has 4 rings (SSSR count). The van der Waals surface area contributed by atoms with E-state index in [1.165, 1.54) is 17.5 Å². The molecule has 0 unspecified atom stereocenters. The van der Waals surface area contributed by atoms with Gasteiger partial charge in [0.25, 0.3) is 5.91 Å². The molecule has 1 N–H and O–H groups in total. The zero-order chi connectivity index (χ0) is 22.2. The minimum Gasteiger partial charge on any atom is -0.321 e. The summed E-state index contributed by atoms with van der Waals surface area (Å²) < 4.78 is 40.3. The van der Waals surface area contributed by atoms with E-state index in [9.17, 15) is 18.0 Å². The van der Waals surface area contributed by atoms with Crippen molar-refractivity contribution >= 4 is 57.1 Å². The molecule has 0 saturated carbocycles. The van der Waals surface area contributed by atoms with Crippen LogP contribution < -0.4 is 5.32 Å². The van der Waals surface area contributed by atoms with E-state index >= 15 is 0 Å². The number of benzene rings is 1. The van der Waals surface area contributed by atoms with Crippen LogP contribution in [0.2, 0.25) is 5.02 Å². The molecule has 3 heterocycles. The van der Waals surface area contributed by atoms with E-state index in [0.717, 1.165) is 20.5 Å². The Bertz CT molecular complexity index is 1270. The Morgan fingerprint density at radius 2 is 1.97 bits per heavy atom. The fraction of sp³-hybridized carbons (Fsp3) is 0.0500. The number of para-hydroxylation sites is 1. The second-order valence-electron chi connectivity index (χ2n) is 6.27. The first-order valence-electron chi connectivity index (χ1n) is 8.66. The number of alkyl halides is 3. The van der Waals surface area contributed by atoms with Gasteiger partial charge in [-0.25, -0.2) is 9.67 Å². The van der Waals surface area contributed by atoms with Gasteiger partial charge < -0.3 is 5.32 Å². The number of nitrogens with zero attached hydrogens (tertiary/aromatic N) is 3. The second-order valence-corrected chi connectivity index (χ2v) is 8.76. The van der Waals surface area contributed by atoms with E-state index < -0.39 is 11.9 Å². The summed E-state index contributed by atoms with van der Waals surface area (Å²) in [5, 5.41) is 8.34. The molecule has 0 spiro atoms. The van der Waals surface area contributed by atoms with Gasteiger partial charge >= 0.3 is 6.18 Å². The Hall–Kier alpha value is -2.44. The van der Waals surface area contributed by atoms with Gasteiger partial charge in [0.2, 0.25) is 0 Å². The quantitative estimate of drug-likeness (QED) is 0.282. The number of rotatable bonds is 4. The summed E-state index contributed by atoms with van der Waals surface area (Å²) in [7, 11) is 0. The average molecular weight is 575 g/mol. The highest BCUT2D eigenvalue weighted by Gasteiger charge is 2.33. The molecule has 0 aliphatic carbocycles. The van der Waals surface area contributed by atoms with Gasteiger partial charge in [-0.2, -0.15) is 18.3 Å². The first-order chi connectivity index (χ1) is 14.7. The van der Waals surface area contributed by atoms with Crippen LogP contribution >= 0.6 is 45.5 Å². The van der Waals surface area contributed by atoms with E-state index in [4.69, 9.17) is 11.6 Å². The van der Waals surface area contributed by atoms with E-state index in [2.05, 4.69) is 38.0 Å². The number of hydrogen-bond donors (Lipinski definition) is 1. The van der Waals surface area contributed by atoms with Gasteiger partial charge in [-0.3, -0.25) is 4.79 Å². The molecule has 4 aromatic rings. The van der Waals surface area contributed by atoms with Crippen molar-refractivity contribution in [2.45, 2.75) is 6.18 Å². The van der Waals surface area contributed by atoms with Crippen molar-refractivity contribution in [2.75, 3.05) is 5.32 Å². The number of anilines is 1. The summed E-state index contributed by atoms with van der Waals surface area (Å²) in [6.07, 6.45) is -1.95. The number of thiophene rings is 1. The van der Waals surface area contributed by atoms with Gasteiger partial charge in [0.15, 0.2) is 11.5 Å². The van der Waals surface area contributed by atoms with Crippen molar-refractivity contribution in [3.63, 3.8) is 0 Å². The number of nitrogens with one attached hydrogen (secondary N) is 1. The third kappa shape index (κ3) is 4.60. The summed E-state index contributed by atoms with van der Waals surface area (Å²) in [5.74, 6) is -0.172. The molecule has 0 radical (unpaired) electrons. The molecule has 0 saturated heterocycles. The topological polar surface area (TPSA) is 59.8 Å². The first kappa shape index (κ1) is 21.8. The molecule has 1 aromatic carbocycles. The standard InChI is InChI=1S/C20H11ClF3IN4OS/c21-13-9-11(10-26-18(13)29-7-5-16(28-29)20(22,23)24)12-3-1-2-4-15(12)27-19(30)17-14(25)6-8-31-17/h1-10H,(H,27,30). The number of hydrogen-bond acceptors (Lipinski definition) is 4. The SMILES string of the molecule is O=C(Nc1ccccc1-c1cnc(-n2ccc(C(F)(F)F)n2)c(Cl)c1)c1sccc1I. The van der Waals surface area contributed by atoms with Crippen molar-refractivity contribution in [3.05, 3.63) is 79.4 Å². The smallest absolute Gasteiger partial charge is 0.321 e. The molecule has 0 aliphatic rings. The van der Waals surface area contributed by atoms with Crippen LogP contribution in [0.5, 0.6) is 0 Å². The normalized spacial score (nSPS) is 11.5. The van der Waals surface area contributed by atoms with Gasteiger partial charge in [-0.15, -0.1) is 11.3 Å². The molecule has 0 atom stereocenters. The highest BCUT2D eigenvalue weighted by atomic mass is 127. The number of carbonyl (C=O) groups excluding carboxylic acids is 1. The lowest BCUT2D eigenvalue weighted by atomic mass is 10.1. The number of amides is 1. The van der Waals surface area contributed by atoms with E-state index in [-0.39, 0.29) is 16.7 Å². The molecule has 0 fully saturated rings. The van der Waals surface area contributed by atoms with Crippen LogP contribution in [0.15, 0.2) is 60.2 Å². The van der Waals surface area contributed by atoms with E-state index in [0.29, 0.717) is 21.7 Å². The first-order valence-corrected chi connectivity index (χ1v) is 11.0. The number of pyridine rings is 1. The van der Waals surface area contributed by atoms with Gasteiger partial charge in [0, 0.05) is 32.8 Å². The van der Waals surface area contributed by atoms with Crippen LogP contribution in [0.3, 0.4) is 0 Å². The Balaban J connectivity index is 1.65. The van der Waals surface area contributed by atoms with Crippen molar-refractivity contribution in [1.82, 2.24) is 14.8 Å². The fourth-order valence-electron chi connectivity index (χ4n) is 2.82. The van der Waals surface area contributed by atoms with Gasteiger partial charge in [-0.1, -0.05) is 29.8 Å². The number of halogens is 5. The summed E-state index contributed by atoms with van der Waals surface area (Å²) in [6.45, 7) is 0. The lowest BCUT2D eigenvalue weighted by Crippen LogP contribution is -2.12. The van der Waals surface area contributed by atoms with Crippen molar-refractivity contribution in [1.29, 1.82) is 0 Å². The Kier molecular flexibility index (Phi) is 6.04. The molecular weight excluding hydrogens is 564 g/mol. The maximum atomic E-state index is 12.8. The Labute approximate surface area is 197 Å². The summed E-state index contributed by atoms with van der Waals surface area (Å²) in [4.78, 5) is 17.4. The minimum absolute atomic E-state index is 0.0653. The third-order valence-electron chi connectivity index (χ3n) is 4.23. The average Bonchev–Trinajstić information content (AvgIpc) is 3.37. The highest BCUT2D eigenvalue weighted by Crippen LogP contribution is 2.33. The van der Waals surface area contributed by atoms with Crippen LogP contribution in [-0.2, 0) is 6.18 Å². The Morgan fingerprint density at radius 1 is 1.19 bits per heavy atom. The molecule has 5 nitrogen and oxygen atoms in total. The minimum atomic E-state index is -4.56.